The molecule has 1 unspecified atom stereocenters. The van der Waals surface area contributed by atoms with E-state index in [0.717, 1.165) is 4.57 Å². The van der Waals surface area contributed by atoms with Crippen molar-refractivity contribution in [1.82, 2.24) is 19.8 Å². The van der Waals surface area contributed by atoms with Gasteiger partial charge in [0, 0.05) is 18.8 Å². The van der Waals surface area contributed by atoms with Crippen molar-refractivity contribution in [2.45, 2.75) is 180 Å². The fourth-order valence-corrected chi connectivity index (χ4v) is 8.97. The number of ether oxygens (including phenoxy) is 3. The molecule has 352 valence electrons. The van der Waals surface area contributed by atoms with Gasteiger partial charge in [-0.25, -0.2) is 4.79 Å². The Labute approximate surface area is 370 Å². The van der Waals surface area contributed by atoms with Gasteiger partial charge in [0.05, 0.1) is 19.8 Å². The molecule has 0 bridgehead atoms. The molecule has 3 rings (SSSR count). The number of methoxy groups -OCH3 is 1. The fourth-order valence-electron chi connectivity index (χ4n) is 6.38. The van der Waals surface area contributed by atoms with E-state index in [4.69, 9.17) is 28.8 Å². The Morgan fingerprint density at radius 3 is 1.92 bits per heavy atom. The Kier molecular flexibility index (Phi) is 17.8. The highest BCUT2D eigenvalue weighted by atomic mass is 28.4. The van der Waals surface area contributed by atoms with Gasteiger partial charge in [-0.1, -0.05) is 67.5 Å². The Bertz CT molecular complexity index is 1920. The summed E-state index contributed by atoms with van der Waals surface area (Å²) in [6.45, 7) is 29.8. The summed E-state index contributed by atoms with van der Waals surface area (Å²) in [6, 6.07) is 5.87. The Morgan fingerprint density at radius 1 is 0.871 bits per heavy atom. The molecule has 2 aromatic rings. The van der Waals surface area contributed by atoms with E-state index in [-0.39, 0.29) is 35.6 Å². The van der Waals surface area contributed by atoms with Crippen molar-refractivity contribution < 1.29 is 42.9 Å². The summed E-state index contributed by atoms with van der Waals surface area (Å²) in [7, 11) is -3.89. The lowest BCUT2D eigenvalue weighted by Crippen LogP contribution is -2.59. The molecule has 1 aromatic heterocycles. The highest BCUT2D eigenvalue weighted by Crippen LogP contribution is 2.46. The van der Waals surface area contributed by atoms with Crippen LogP contribution in [0.15, 0.2) is 46.1 Å². The summed E-state index contributed by atoms with van der Waals surface area (Å²) in [6.07, 6.45) is -5.36. The van der Waals surface area contributed by atoms with Gasteiger partial charge in [0.2, 0.25) is 5.91 Å². The quantitative estimate of drug-likeness (QED) is 0.0759. The van der Waals surface area contributed by atoms with Gasteiger partial charge >= 0.3 is 11.7 Å². The maximum absolute atomic E-state index is 14.5. The number of aliphatic hydroxyl groups is 2. The van der Waals surface area contributed by atoms with E-state index in [0.29, 0.717) is 17.7 Å². The zero-order chi connectivity index (χ0) is 47.3. The zero-order valence-electron chi connectivity index (χ0n) is 40.0. The van der Waals surface area contributed by atoms with Crippen LogP contribution in [0, 0.1) is 5.92 Å². The minimum atomic E-state index is -2.73. The number of rotatable bonds is 19. The van der Waals surface area contributed by atoms with Gasteiger partial charge < -0.3 is 49.6 Å². The molecule has 1 aliphatic rings. The van der Waals surface area contributed by atoms with Crippen LogP contribution in [0.25, 0.3) is 0 Å². The average molecular weight is 908 g/mol. The van der Waals surface area contributed by atoms with Gasteiger partial charge in [0.15, 0.2) is 22.9 Å². The van der Waals surface area contributed by atoms with Gasteiger partial charge in [-0.2, -0.15) is 0 Å². The molecule has 2 heterocycles. The van der Waals surface area contributed by atoms with Crippen LogP contribution in [0.2, 0.25) is 36.3 Å². The minimum absolute atomic E-state index is 0.0335. The van der Waals surface area contributed by atoms with Crippen LogP contribution in [0.3, 0.4) is 0 Å². The number of nitrogens with one attached hydrogen (secondary N) is 2. The second-order valence-corrected chi connectivity index (χ2v) is 30.3. The number of carbonyl (C=O) groups is 2. The maximum atomic E-state index is 14.5. The number of amides is 1. The van der Waals surface area contributed by atoms with E-state index >= 15 is 0 Å². The van der Waals surface area contributed by atoms with E-state index in [1.165, 1.54) is 16.8 Å². The molecule has 1 fully saturated rings. The van der Waals surface area contributed by atoms with E-state index in [1.807, 2.05) is 0 Å². The molecule has 0 aliphatic carbocycles. The summed E-state index contributed by atoms with van der Waals surface area (Å²) < 4.78 is 34.8. The molecular formula is C44H77N5O11Si2. The third-order valence-electron chi connectivity index (χ3n) is 12.3. The average Bonchev–Trinajstić information content (AvgIpc) is 3.47. The van der Waals surface area contributed by atoms with Crippen molar-refractivity contribution in [2.24, 2.45) is 11.7 Å². The molecule has 1 saturated heterocycles. The lowest BCUT2D eigenvalue weighted by Gasteiger charge is -2.44. The van der Waals surface area contributed by atoms with Gasteiger partial charge in [0.1, 0.15) is 47.9 Å². The van der Waals surface area contributed by atoms with Crippen LogP contribution < -0.4 is 32.4 Å². The zero-order valence-corrected chi connectivity index (χ0v) is 42.0. The molecule has 16 nitrogen and oxygen atoms in total. The first-order valence-electron chi connectivity index (χ1n) is 21.6. The molecule has 6 N–H and O–H groups in total. The van der Waals surface area contributed by atoms with Gasteiger partial charge in [-0.3, -0.25) is 23.5 Å². The number of hydrogen-bond donors (Lipinski definition) is 5. The molecule has 62 heavy (non-hydrogen) atoms. The summed E-state index contributed by atoms with van der Waals surface area (Å²) >= 11 is 0. The van der Waals surface area contributed by atoms with Crippen LogP contribution in [-0.2, 0) is 34.5 Å². The predicted octanol–water partition coefficient (Wildman–Crippen LogP) is 4.26. The lowest BCUT2D eigenvalue weighted by molar-refractivity contribution is -0.166. The van der Waals surface area contributed by atoms with Crippen molar-refractivity contribution in [1.29, 1.82) is 0 Å². The van der Waals surface area contributed by atoms with Gasteiger partial charge in [0.25, 0.3) is 5.56 Å². The van der Waals surface area contributed by atoms with E-state index in [1.54, 1.807) is 66.0 Å². The highest BCUT2D eigenvalue weighted by Gasteiger charge is 2.57. The summed E-state index contributed by atoms with van der Waals surface area (Å²) in [5, 5.41) is 28.1. The molecule has 8 atom stereocenters. The molecule has 18 heteroatoms. The highest BCUT2D eigenvalue weighted by molar-refractivity contribution is 6.74. The summed E-state index contributed by atoms with van der Waals surface area (Å²) in [5.41, 5.74) is 4.56. The van der Waals surface area contributed by atoms with Crippen molar-refractivity contribution in [3.63, 3.8) is 0 Å². The number of nitrogens with zero attached hydrogens (tertiary/aromatic N) is 2. The second kappa shape index (κ2) is 20.7. The standard InChI is InChI=1S/C44H77N5O11Si2/c1-27(2)33(51)31(45)38(53)47-24-17-23-46-32(40(54)58-42(3,4)5)34(52)35-36(59-61(13,14)43(6,7)8)37(60-62(15,16)44(9,10)11)39(57-35)48-25-22-30(50)49(41(48)55)26-28-18-20-29(56-12)21-19-28/h18-22,25,27,31-37,39,46,51-52H,17,23-24,26,45H2,1-16H3,(H,47,53)/t31-,32-,33-,34+,35?,36+,37+,39+/m0/s1. The number of carbonyl (C=O) groups excluding carboxylic acids is 2. The molecule has 0 spiro atoms. The van der Waals surface area contributed by atoms with Gasteiger partial charge in [-0.15, -0.1) is 0 Å². The van der Waals surface area contributed by atoms with Crippen molar-refractivity contribution in [3.8, 4) is 5.75 Å². The Balaban J connectivity index is 2.17. The number of benzene rings is 1. The third kappa shape index (κ3) is 13.4. The Hall–Kier alpha value is -3.21. The maximum Gasteiger partial charge on any atom is 0.333 e. The molecule has 1 aliphatic heterocycles. The van der Waals surface area contributed by atoms with Crippen LogP contribution in [0.1, 0.15) is 94.4 Å². The predicted molar refractivity (Wildman–Crippen MR) is 245 cm³/mol. The van der Waals surface area contributed by atoms with Crippen LogP contribution in [-0.4, -0.2) is 116 Å². The SMILES string of the molecule is COc1ccc(Cn2c(=O)ccn([C@@H]3OC([C@H](O)[C@H](NCCCNC(=O)[C@@H](N)[C@@H](O)C(C)C)C(=O)OC(C)(C)C)[C@@H](O[Si](C)(C)C(C)(C)C)[C@H]3O[Si](C)(C)C(C)(C)C)c2=O)cc1. The van der Waals surface area contributed by atoms with Crippen molar-refractivity contribution >= 4 is 28.5 Å². The number of nitrogens with two attached hydrogens (primary N) is 1. The number of aromatic nitrogens is 2. The van der Waals surface area contributed by atoms with Gasteiger partial charge in [-0.05, 0) is 93.6 Å². The number of aliphatic hydroxyl groups excluding tert-OH is 2. The second-order valence-electron chi connectivity index (χ2n) is 20.8. The van der Waals surface area contributed by atoms with Crippen LogP contribution in [0.4, 0.5) is 0 Å². The van der Waals surface area contributed by atoms with E-state index < -0.39 is 94.2 Å². The molecule has 0 radical (unpaired) electrons. The molecule has 1 amide bonds. The first-order valence-corrected chi connectivity index (χ1v) is 27.5. The monoisotopic (exact) mass is 908 g/mol. The largest absolute Gasteiger partial charge is 0.497 e. The van der Waals surface area contributed by atoms with Crippen LogP contribution >= 0.6 is 0 Å². The van der Waals surface area contributed by atoms with Crippen LogP contribution in [0.5, 0.6) is 5.75 Å². The topological polar surface area (TPSA) is 215 Å². The molecule has 0 saturated carbocycles. The smallest absolute Gasteiger partial charge is 0.333 e. The Morgan fingerprint density at radius 2 is 1.42 bits per heavy atom. The third-order valence-corrected chi connectivity index (χ3v) is 21.2. The fraction of sp³-hybridized carbons (Fsp3) is 0.727. The summed E-state index contributed by atoms with van der Waals surface area (Å²) in [5.74, 6) is -0.847. The molecular weight excluding hydrogens is 831 g/mol. The minimum Gasteiger partial charge on any atom is -0.497 e. The van der Waals surface area contributed by atoms with E-state index in [2.05, 4.69) is 78.4 Å². The first kappa shape index (κ1) is 53.1. The number of esters is 1. The van der Waals surface area contributed by atoms with E-state index in [9.17, 15) is 29.4 Å². The van der Waals surface area contributed by atoms with Crippen molar-refractivity contribution in [2.75, 3.05) is 20.2 Å². The molecule has 1 aromatic carbocycles. The first-order chi connectivity index (χ1) is 28.3. The normalized spacial score (nSPS) is 21.0. The number of hydrogen-bond acceptors (Lipinski definition) is 13. The lowest BCUT2D eigenvalue weighted by atomic mass is 9.99. The summed E-state index contributed by atoms with van der Waals surface area (Å²) in [4.78, 5) is 54.6. The van der Waals surface area contributed by atoms with Crippen molar-refractivity contribution in [3.05, 3.63) is 62.9 Å².